The highest BCUT2D eigenvalue weighted by atomic mass is 32.2. The molecule has 8 heteroatoms. The van der Waals surface area contributed by atoms with Crippen molar-refractivity contribution in [2.24, 2.45) is 0 Å². The monoisotopic (exact) mass is 342 g/mol. The Morgan fingerprint density at radius 1 is 1.13 bits per heavy atom. The van der Waals surface area contributed by atoms with Crippen molar-refractivity contribution in [3.63, 3.8) is 0 Å². The van der Waals surface area contributed by atoms with E-state index < -0.39 is 15.9 Å². The molecule has 1 fully saturated rings. The highest BCUT2D eigenvalue weighted by Gasteiger charge is 2.27. The van der Waals surface area contributed by atoms with Gasteiger partial charge in [-0.15, -0.1) is 0 Å². The van der Waals surface area contributed by atoms with Gasteiger partial charge in [0.15, 0.2) is 0 Å². The summed E-state index contributed by atoms with van der Waals surface area (Å²) in [5.74, 6) is -0.272. The summed E-state index contributed by atoms with van der Waals surface area (Å²) in [6.45, 7) is 1.02. The smallest absolute Gasteiger partial charge is 0.278 e. The van der Waals surface area contributed by atoms with Crippen LogP contribution in [-0.2, 0) is 14.9 Å². The number of hydrogen-bond donors (Lipinski definition) is 1. The van der Waals surface area contributed by atoms with Gasteiger partial charge in [0, 0.05) is 13.1 Å². The largest absolute Gasteiger partial charge is 0.496 e. The normalized spacial score (nSPS) is 16.6. The van der Waals surface area contributed by atoms with E-state index in [9.17, 15) is 13.2 Å². The van der Waals surface area contributed by atoms with Gasteiger partial charge in [-0.25, -0.2) is 13.9 Å². The number of carbonyl (C=O) groups excluding carboxylic acids is 1. The molecule has 0 atom stereocenters. The van der Waals surface area contributed by atoms with E-state index in [1.807, 2.05) is 0 Å². The van der Waals surface area contributed by atoms with E-state index in [1.54, 1.807) is 0 Å². The molecule has 128 valence electrons. The quantitative estimate of drug-likeness (QED) is 0.821. The second kappa shape index (κ2) is 7.76. The van der Waals surface area contributed by atoms with Crippen LogP contribution in [0.5, 0.6) is 5.75 Å². The molecule has 0 radical (unpaired) electrons. The fourth-order valence-corrected chi connectivity index (χ4v) is 4.15. The maximum absolute atomic E-state index is 12.8. The zero-order valence-corrected chi connectivity index (χ0v) is 14.2. The molecule has 1 amide bonds. The molecule has 23 heavy (non-hydrogen) atoms. The first kappa shape index (κ1) is 17.7. The number of nitrogens with zero attached hydrogens (tertiary/aromatic N) is 1. The van der Waals surface area contributed by atoms with E-state index in [4.69, 9.17) is 4.74 Å². The third-order valence-corrected chi connectivity index (χ3v) is 5.71. The highest BCUT2D eigenvalue weighted by molar-refractivity contribution is 7.89. The molecule has 2 rings (SSSR count). The van der Waals surface area contributed by atoms with Crippen LogP contribution in [0.3, 0.4) is 0 Å². The highest BCUT2D eigenvalue weighted by Crippen LogP contribution is 2.26. The summed E-state index contributed by atoms with van der Waals surface area (Å²) in [5.41, 5.74) is 2.29. The third-order valence-electron chi connectivity index (χ3n) is 3.81. The summed E-state index contributed by atoms with van der Waals surface area (Å²) in [6.07, 6.45) is 3.78. The van der Waals surface area contributed by atoms with Crippen molar-refractivity contribution in [1.29, 1.82) is 0 Å². The molecule has 1 aromatic rings. The Bertz CT molecular complexity index is 652. The number of nitrogens with one attached hydrogen (secondary N) is 1. The van der Waals surface area contributed by atoms with Crippen LogP contribution in [0.25, 0.3) is 0 Å². The minimum absolute atomic E-state index is 0.0847. The van der Waals surface area contributed by atoms with Gasteiger partial charge in [0.2, 0.25) is 10.0 Å². The average Bonchev–Trinajstić information content (AvgIpc) is 2.84. The van der Waals surface area contributed by atoms with E-state index >= 15 is 0 Å². The molecule has 1 heterocycles. The van der Waals surface area contributed by atoms with Gasteiger partial charge in [-0.2, -0.15) is 4.31 Å². The summed E-state index contributed by atoms with van der Waals surface area (Å²) >= 11 is 0. The first-order valence-corrected chi connectivity index (χ1v) is 8.96. The molecule has 1 aliphatic heterocycles. The Labute approximate surface area is 136 Å². The number of methoxy groups -OCH3 is 1. The molecule has 0 saturated carbocycles. The minimum atomic E-state index is -3.62. The van der Waals surface area contributed by atoms with Gasteiger partial charge in [-0.3, -0.25) is 9.63 Å². The van der Waals surface area contributed by atoms with Crippen molar-refractivity contribution < 1.29 is 22.8 Å². The first-order chi connectivity index (χ1) is 11.0. The topological polar surface area (TPSA) is 84.9 Å². The lowest BCUT2D eigenvalue weighted by Gasteiger charge is -2.20. The van der Waals surface area contributed by atoms with Crippen molar-refractivity contribution in [1.82, 2.24) is 9.79 Å². The van der Waals surface area contributed by atoms with Crippen molar-refractivity contribution in [3.8, 4) is 5.75 Å². The predicted molar refractivity (Wildman–Crippen MR) is 84.7 cm³/mol. The first-order valence-electron chi connectivity index (χ1n) is 7.52. The Morgan fingerprint density at radius 2 is 1.78 bits per heavy atom. The summed E-state index contributed by atoms with van der Waals surface area (Å²) in [7, 11) is -0.898. The van der Waals surface area contributed by atoms with Crippen LogP contribution in [0.2, 0.25) is 0 Å². The second-order valence-corrected chi connectivity index (χ2v) is 7.25. The van der Waals surface area contributed by atoms with E-state index in [0.29, 0.717) is 13.1 Å². The maximum atomic E-state index is 12.8. The molecule has 0 spiro atoms. The standard InChI is InChI=1S/C15H22N2O5S/c1-21-14-8-7-12(11-13(14)15(18)16-22-2)23(19,20)17-9-5-3-4-6-10-17/h7-8,11H,3-6,9-10H2,1-2H3,(H,16,18). The molecular formula is C15H22N2O5S. The number of sulfonamides is 1. The SMILES string of the molecule is CONC(=O)c1cc(S(=O)(=O)N2CCCCCC2)ccc1OC. The molecule has 0 aliphatic carbocycles. The molecule has 0 unspecified atom stereocenters. The average molecular weight is 342 g/mol. The molecule has 0 aromatic heterocycles. The molecule has 7 nitrogen and oxygen atoms in total. The van der Waals surface area contributed by atoms with Gasteiger partial charge in [0.25, 0.3) is 5.91 Å². The maximum Gasteiger partial charge on any atom is 0.278 e. The van der Waals surface area contributed by atoms with Crippen LogP contribution in [0.1, 0.15) is 36.0 Å². The summed E-state index contributed by atoms with van der Waals surface area (Å²) in [4.78, 5) is 16.7. The van der Waals surface area contributed by atoms with Crippen LogP contribution < -0.4 is 10.2 Å². The molecule has 1 saturated heterocycles. The van der Waals surface area contributed by atoms with Gasteiger partial charge in [0.05, 0.1) is 24.7 Å². The number of hydrogen-bond acceptors (Lipinski definition) is 5. The van der Waals surface area contributed by atoms with E-state index in [2.05, 4.69) is 10.3 Å². The zero-order chi connectivity index (χ0) is 16.9. The van der Waals surface area contributed by atoms with Crippen LogP contribution in [0.15, 0.2) is 23.1 Å². The number of hydroxylamine groups is 1. The van der Waals surface area contributed by atoms with Gasteiger partial charge in [0.1, 0.15) is 5.75 Å². The number of ether oxygens (including phenoxy) is 1. The van der Waals surface area contributed by atoms with Crippen molar-refractivity contribution in [3.05, 3.63) is 23.8 Å². The Morgan fingerprint density at radius 3 is 2.35 bits per heavy atom. The van der Waals surface area contributed by atoms with Crippen LogP contribution in [0.4, 0.5) is 0 Å². The van der Waals surface area contributed by atoms with Crippen LogP contribution >= 0.6 is 0 Å². The van der Waals surface area contributed by atoms with Gasteiger partial charge < -0.3 is 4.74 Å². The van der Waals surface area contributed by atoms with E-state index in [0.717, 1.165) is 25.7 Å². The minimum Gasteiger partial charge on any atom is -0.496 e. The number of benzene rings is 1. The van der Waals surface area contributed by atoms with E-state index in [-0.39, 0.29) is 16.2 Å². The third kappa shape index (κ3) is 4.01. The fraction of sp³-hybridized carbons (Fsp3) is 0.533. The fourth-order valence-electron chi connectivity index (χ4n) is 2.60. The number of rotatable bonds is 5. The molecule has 0 bridgehead atoms. The molecule has 1 aromatic carbocycles. The summed E-state index contributed by atoms with van der Waals surface area (Å²) in [6, 6.07) is 4.27. The predicted octanol–water partition coefficient (Wildman–Crippen LogP) is 1.55. The summed E-state index contributed by atoms with van der Waals surface area (Å²) < 4.78 is 32.2. The Kier molecular flexibility index (Phi) is 5.97. The van der Waals surface area contributed by atoms with Crippen molar-refractivity contribution in [2.75, 3.05) is 27.3 Å². The Balaban J connectivity index is 2.38. The molecule has 1 N–H and O–H groups in total. The second-order valence-electron chi connectivity index (χ2n) is 5.32. The van der Waals surface area contributed by atoms with Crippen molar-refractivity contribution in [2.45, 2.75) is 30.6 Å². The van der Waals surface area contributed by atoms with Crippen LogP contribution in [-0.4, -0.2) is 45.9 Å². The van der Waals surface area contributed by atoms with Gasteiger partial charge in [-0.1, -0.05) is 12.8 Å². The molecule has 1 aliphatic rings. The summed E-state index contributed by atoms with van der Waals surface area (Å²) in [5, 5.41) is 0. The van der Waals surface area contributed by atoms with Crippen molar-refractivity contribution >= 4 is 15.9 Å². The lowest BCUT2D eigenvalue weighted by Crippen LogP contribution is -2.32. The van der Waals surface area contributed by atoms with Crippen LogP contribution in [0, 0.1) is 0 Å². The Hall–Kier alpha value is -1.64. The van der Waals surface area contributed by atoms with Gasteiger partial charge >= 0.3 is 0 Å². The lowest BCUT2D eigenvalue weighted by molar-refractivity contribution is 0.0534. The number of carbonyl (C=O) groups is 1. The lowest BCUT2D eigenvalue weighted by atomic mass is 10.2. The molecular weight excluding hydrogens is 320 g/mol. The number of amides is 1. The zero-order valence-electron chi connectivity index (χ0n) is 13.4. The van der Waals surface area contributed by atoms with E-state index in [1.165, 1.54) is 36.7 Å². The van der Waals surface area contributed by atoms with Gasteiger partial charge in [-0.05, 0) is 31.0 Å².